The van der Waals surface area contributed by atoms with Crippen LogP contribution in [0.5, 0.6) is 11.6 Å². The van der Waals surface area contributed by atoms with Crippen LogP contribution < -0.4 is 9.47 Å². The third kappa shape index (κ3) is 5.69. The summed E-state index contributed by atoms with van der Waals surface area (Å²) in [6, 6.07) is 2.14. The van der Waals surface area contributed by atoms with Crippen molar-refractivity contribution in [1.29, 1.82) is 0 Å². The van der Waals surface area contributed by atoms with Gasteiger partial charge in [-0.2, -0.15) is 0 Å². The van der Waals surface area contributed by atoms with E-state index in [2.05, 4.69) is 9.84 Å². The van der Waals surface area contributed by atoms with Gasteiger partial charge >= 0.3 is 6.16 Å². The molecule has 0 amide bonds. The summed E-state index contributed by atoms with van der Waals surface area (Å²) in [5.41, 5.74) is 1.35. The lowest BCUT2D eigenvalue weighted by atomic mass is 9.99. The molecule has 36 heavy (non-hydrogen) atoms. The molecule has 0 bridgehead atoms. The van der Waals surface area contributed by atoms with Gasteiger partial charge in [0.05, 0.1) is 14.2 Å². The lowest BCUT2D eigenvalue weighted by molar-refractivity contribution is -0.278. The van der Waals surface area contributed by atoms with Crippen LogP contribution in [0.1, 0.15) is 36.7 Å². The molecule has 3 rings (SSSR count). The molecule has 11 nitrogen and oxygen atoms in total. The van der Waals surface area contributed by atoms with E-state index in [1.807, 2.05) is 13.8 Å². The Morgan fingerprint density at radius 1 is 1.14 bits per heavy atom. The molecule has 2 heterocycles. The van der Waals surface area contributed by atoms with Gasteiger partial charge in [0.2, 0.25) is 12.2 Å². The average molecular weight is 516 g/mol. The number of hydrogen-bond acceptors (Lipinski definition) is 10. The van der Waals surface area contributed by atoms with Crippen molar-refractivity contribution in [3.05, 3.63) is 40.6 Å². The highest BCUT2D eigenvalue weighted by Gasteiger charge is 2.46. The number of ether oxygens (including phenoxy) is 5. The molecule has 200 valence electrons. The average Bonchev–Trinajstić information content (AvgIpc) is 3.13. The number of aliphatic hydroxyl groups excluding tert-OH is 3. The minimum atomic E-state index is -1.70. The SMILES string of the molecule is COC(=O)OC[C@H]1OC(Oc2nn(C(C)C)c(C)c2Cc2cc(F)c(OC)c(F)c2)[C@H](O)[C@@H](O)[C@@H]1O. The van der Waals surface area contributed by atoms with Crippen molar-refractivity contribution in [1.82, 2.24) is 9.78 Å². The summed E-state index contributed by atoms with van der Waals surface area (Å²) in [5, 5.41) is 35.4. The van der Waals surface area contributed by atoms with Crippen LogP contribution in [0.2, 0.25) is 0 Å². The summed E-state index contributed by atoms with van der Waals surface area (Å²) >= 11 is 0. The monoisotopic (exact) mass is 516 g/mol. The van der Waals surface area contributed by atoms with Gasteiger partial charge in [-0.1, -0.05) is 0 Å². The molecular weight excluding hydrogens is 486 g/mol. The second-order valence-corrected chi connectivity index (χ2v) is 8.57. The van der Waals surface area contributed by atoms with Gasteiger partial charge in [-0.3, -0.25) is 4.68 Å². The molecule has 1 aliphatic heterocycles. The van der Waals surface area contributed by atoms with Crippen molar-refractivity contribution in [2.45, 2.75) is 63.9 Å². The number of hydrogen-bond donors (Lipinski definition) is 3. The zero-order chi connectivity index (χ0) is 26.7. The molecule has 0 radical (unpaired) electrons. The number of carbonyl (C=O) groups excluding carboxylic acids is 1. The maximum Gasteiger partial charge on any atom is 0.508 e. The Morgan fingerprint density at radius 3 is 2.33 bits per heavy atom. The first-order chi connectivity index (χ1) is 17.0. The molecule has 1 saturated heterocycles. The number of benzene rings is 1. The van der Waals surface area contributed by atoms with Crippen LogP contribution in [0.3, 0.4) is 0 Å². The summed E-state index contributed by atoms with van der Waals surface area (Å²) < 4.78 is 55.5. The van der Waals surface area contributed by atoms with Crippen molar-refractivity contribution in [2.75, 3.05) is 20.8 Å². The van der Waals surface area contributed by atoms with Crippen molar-refractivity contribution in [3.8, 4) is 11.6 Å². The Balaban J connectivity index is 1.91. The van der Waals surface area contributed by atoms with E-state index in [0.717, 1.165) is 26.4 Å². The van der Waals surface area contributed by atoms with Crippen LogP contribution >= 0.6 is 0 Å². The third-order valence-electron chi connectivity index (χ3n) is 5.80. The van der Waals surface area contributed by atoms with Crippen LogP contribution in [0.15, 0.2) is 12.1 Å². The van der Waals surface area contributed by atoms with Gasteiger partial charge in [0.25, 0.3) is 0 Å². The number of rotatable bonds is 8. The Hall–Kier alpha value is -3.00. The minimum Gasteiger partial charge on any atom is -0.491 e. The molecule has 3 N–H and O–H groups in total. The summed E-state index contributed by atoms with van der Waals surface area (Å²) in [5.74, 6) is -2.27. The molecule has 2 aromatic rings. The van der Waals surface area contributed by atoms with Crippen LogP contribution in [-0.4, -0.2) is 82.8 Å². The number of methoxy groups -OCH3 is 2. The highest BCUT2D eigenvalue weighted by molar-refractivity contribution is 5.59. The maximum atomic E-state index is 14.3. The summed E-state index contributed by atoms with van der Waals surface area (Å²) in [6.45, 7) is 4.99. The maximum absolute atomic E-state index is 14.3. The van der Waals surface area contributed by atoms with E-state index in [-0.39, 0.29) is 23.9 Å². The molecular formula is C23H30F2N2O9. The fourth-order valence-corrected chi connectivity index (χ4v) is 3.91. The molecule has 1 aromatic carbocycles. The first-order valence-electron chi connectivity index (χ1n) is 11.1. The van der Waals surface area contributed by atoms with Gasteiger partial charge in [-0.25, -0.2) is 13.6 Å². The van der Waals surface area contributed by atoms with E-state index in [9.17, 15) is 28.9 Å². The van der Waals surface area contributed by atoms with Crippen LogP contribution in [-0.2, 0) is 20.6 Å². The topological polar surface area (TPSA) is 142 Å². The first-order valence-corrected chi connectivity index (χ1v) is 11.1. The zero-order valence-corrected chi connectivity index (χ0v) is 20.5. The molecule has 1 unspecified atom stereocenters. The Kier molecular flexibility index (Phi) is 8.71. The van der Waals surface area contributed by atoms with E-state index in [1.165, 1.54) is 0 Å². The number of aromatic nitrogens is 2. The molecule has 0 saturated carbocycles. The van der Waals surface area contributed by atoms with Crippen LogP contribution in [0.25, 0.3) is 0 Å². The van der Waals surface area contributed by atoms with Gasteiger partial charge in [-0.15, -0.1) is 5.10 Å². The molecule has 1 aliphatic rings. The third-order valence-corrected chi connectivity index (χ3v) is 5.80. The second-order valence-electron chi connectivity index (χ2n) is 8.57. The van der Waals surface area contributed by atoms with Crippen LogP contribution in [0, 0.1) is 18.6 Å². The van der Waals surface area contributed by atoms with Gasteiger partial charge in [0.1, 0.15) is 31.0 Å². The standard InChI is InChI=1S/C23H30F2N2O9/c1-10(2)27-11(3)13(6-12-7-14(24)20(32-4)15(25)8-12)21(26-27)36-22-19(30)18(29)17(28)16(35-22)9-34-23(31)33-5/h7-8,10,16-19,22,28-30H,6,9H2,1-5H3/t16-,17-,18+,19-,22?/m1/s1. The number of halogens is 2. The van der Waals surface area contributed by atoms with E-state index >= 15 is 0 Å². The predicted molar refractivity (Wildman–Crippen MR) is 119 cm³/mol. The van der Waals surface area contributed by atoms with Crippen molar-refractivity contribution in [3.63, 3.8) is 0 Å². The van der Waals surface area contributed by atoms with Crippen molar-refractivity contribution >= 4 is 6.16 Å². The summed E-state index contributed by atoms with van der Waals surface area (Å²) in [7, 11) is 2.26. The second kappa shape index (κ2) is 11.4. The normalized spacial score (nSPS) is 24.0. The van der Waals surface area contributed by atoms with Gasteiger partial charge in [-0.05, 0) is 38.5 Å². The van der Waals surface area contributed by atoms with Crippen molar-refractivity contribution in [2.24, 2.45) is 0 Å². The molecule has 1 fully saturated rings. The highest BCUT2D eigenvalue weighted by Crippen LogP contribution is 2.32. The van der Waals surface area contributed by atoms with E-state index in [4.69, 9.17) is 18.9 Å². The zero-order valence-electron chi connectivity index (χ0n) is 20.5. The largest absolute Gasteiger partial charge is 0.508 e. The Morgan fingerprint density at radius 2 is 1.78 bits per heavy atom. The predicted octanol–water partition coefficient (Wildman–Crippen LogP) is 1.62. The van der Waals surface area contributed by atoms with Gasteiger partial charge in [0.15, 0.2) is 17.4 Å². The number of aliphatic hydroxyl groups is 3. The summed E-state index contributed by atoms with van der Waals surface area (Å²) in [4.78, 5) is 11.3. The molecule has 0 spiro atoms. The molecule has 5 atom stereocenters. The van der Waals surface area contributed by atoms with E-state index in [0.29, 0.717) is 11.3 Å². The fourth-order valence-electron chi connectivity index (χ4n) is 3.91. The molecule has 1 aromatic heterocycles. The molecule has 0 aliphatic carbocycles. The lowest BCUT2D eigenvalue weighted by Crippen LogP contribution is -2.60. The smallest absolute Gasteiger partial charge is 0.491 e. The van der Waals surface area contributed by atoms with Crippen LogP contribution in [0.4, 0.5) is 13.6 Å². The van der Waals surface area contributed by atoms with Crippen molar-refractivity contribution < 1.29 is 52.6 Å². The van der Waals surface area contributed by atoms with Gasteiger partial charge < -0.3 is 39.0 Å². The number of nitrogens with zero attached hydrogens (tertiary/aromatic N) is 2. The Labute approximate surface area is 206 Å². The van der Waals surface area contributed by atoms with E-state index < -0.39 is 60.9 Å². The highest BCUT2D eigenvalue weighted by atomic mass is 19.1. The van der Waals surface area contributed by atoms with E-state index in [1.54, 1.807) is 11.6 Å². The fraction of sp³-hybridized carbons (Fsp3) is 0.565. The first kappa shape index (κ1) is 27.6. The summed E-state index contributed by atoms with van der Waals surface area (Å²) in [6.07, 6.45) is -8.78. The number of carbonyl (C=O) groups is 1. The van der Waals surface area contributed by atoms with Gasteiger partial charge in [0, 0.05) is 23.7 Å². The minimum absolute atomic E-state index is 0.00853. The lowest BCUT2D eigenvalue weighted by Gasteiger charge is -2.39. The quantitative estimate of drug-likeness (QED) is 0.443. The Bertz CT molecular complexity index is 1060. The molecule has 13 heteroatoms.